The van der Waals surface area contributed by atoms with E-state index < -0.39 is 0 Å². The van der Waals surface area contributed by atoms with Crippen LogP contribution < -0.4 is 15.1 Å². The number of rotatable bonds is 1. The molecule has 1 aliphatic heterocycles. The Bertz CT molecular complexity index is 764. The average Bonchev–Trinajstić information content (AvgIpc) is 2.55. The van der Waals surface area contributed by atoms with Crippen molar-refractivity contribution in [2.75, 3.05) is 39.6 Å². The third-order valence-corrected chi connectivity index (χ3v) is 4.05. The summed E-state index contributed by atoms with van der Waals surface area (Å²) in [4.78, 5) is 12.1. The van der Waals surface area contributed by atoms with E-state index >= 15 is 0 Å². The van der Waals surface area contributed by atoms with Gasteiger partial charge in [-0.2, -0.15) is 0 Å². The maximum absolute atomic E-state index is 12.1. The van der Waals surface area contributed by atoms with E-state index in [-0.39, 0.29) is 5.63 Å². The third-order valence-electron chi connectivity index (χ3n) is 4.05. The quantitative estimate of drug-likeness (QED) is 0.747. The molecule has 0 fully saturated rings. The lowest BCUT2D eigenvalue weighted by atomic mass is 10.0. The second-order valence-corrected chi connectivity index (χ2v) is 5.56. The van der Waals surface area contributed by atoms with Crippen molar-refractivity contribution < 1.29 is 23.4 Å². The molecule has 2 heterocycles. The molecule has 130 valence electrons. The van der Waals surface area contributed by atoms with Gasteiger partial charge in [-0.05, 0) is 25.0 Å². The van der Waals surface area contributed by atoms with Crippen LogP contribution in [-0.4, -0.2) is 39.6 Å². The van der Waals surface area contributed by atoms with Gasteiger partial charge < -0.3 is 23.4 Å². The van der Waals surface area contributed by atoms with Crippen molar-refractivity contribution in [1.82, 2.24) is 0 Å². The number of fused-ring (bicyclic) bond motifs is 2. The monoisotopic (exact) mass is 334 g/mol. The second-order valence-electron chi connectivity index (χ2n) is 5.56. The fourth-order valence-corrected chi connectivity index (χ4v) is 2.77. The fraction of sp³-hybridized carbons (Fsp3) is 0.500. The summed E-state index contributed by atoms with van der Waals surface area (Å²) >= 11 is 0. The first-order valence-electron chi connectivity index (χ1n) is 8.22. The molecule has 6 heteroatoms. The van der Waals surface area contributed by atoms with Gasteiger partial charge in [-0.25, -0.2) is 4.79 Å². The van der Waals surface area contributed by atoms with E-state index in [9.17, 15) is 4.79 Å². The Balaban J connectivity index is 2.03. The molecule has 1 aliphatic rings. The Morgan fingerprint density at radius 2 is 1.50 bits per heavy atom. The van der Waals surface area contributed by atoms with Crippen LogP contribution in [0.5, 0.6) is 11.5 Å². The van der Waals surface area contributed by atoms with Crippen LogP contribution in [0.1, 0.15) is 18.1 Å². The van der Waals surface area contributed by atoms with E-state index in [4.69, 9.17) is 23.4 Å². The van der Waals surface area contributed by atoms with E-state index in [1.54, 1.807) is 6.07 Å². The molecule has 0 saturated carbocycles. The van der Waals surface area contributed by atoms with Crippen LogP contribution in [0.2, 0.25) is 0 Å². The van der Waals surface area contributed by atoms with E-state index in [0.29, 0.717) is 68.7 Å². The summed E-state index contributed by atoms with van der Waals surface area (Å²) < 4.78 is 27.9. The largest absolute Gasteiger partial charge is 0.487 e. The molecule has 3 rings (SSSR count). The predicted octanol–water partition coefficient (Wildman–Crippen LogP) is 2.47. The van der Waals surface area contributed by atoms with Gasteiger partial charge in [-0.3, -0.25) is 0 Å². The molecule has 0 aliphatic carbocycles. The number of ether oxygens (including phenoxy) is 4. The molecule has 1 aromatic carbocycles. The maximum Gasteiger partial charge on any atom is 0.339 e. The van der Waals surface area contributed by atoms with E-state index in [2.05, 4.69) is 0 Å². The van der Waals surface area contributed by atoms with Crippen molar-refractivity contribution in [3.8, 4) is 11.5 Å². The van der Waals surface area contributed by atoms with E-state index in [1.165, 1.54) is 0 Å². The zero-order chi connectivity index (χ0) is 16.9. The number of hydrogen-bond donors (Lipinski definition) is 0. The first-order chi connectivity index (χ1) is 11.7. The van der Waals surface area contributed by atoms with Crippen molar-refractivity contribution in [2.45, 2.75) is 20.3 Å². The molecule has 1 aromatic heterocycles. The van der Waals surface area contributed by atoms with Gasteiger partial charge in [0.1, 0.15) is 18.8 Å². The predicted molar refractivity (Wildman–Crippen MR) is 89.2 cm³/mol. The lowest BCUT2D eigenvalue weighted by molar-refractivity contribution is 0.0224. The van der Waals surface area contributed by atoms with Gasteiger partial charge in [0.25, 0.3) is 0 Å². The number of hydrogen-bond acceptors (Lipinski definition) is 6. The lowest BCUT2D eigenvalue weighted by Crippen LogP contribution is -2.16. The first kappa shape index (κ1) is 16.8. The molecule has 6 nitrogen and oxygen atoms in total. The highest BCUT2D eigenvalue weighted by Gasteiger charge is 2.15. The van der Waals surface area contributed by atoms with Crippen LogP contribution in [-0.2, 0) is 15.9 Å². The maximum atomic E-state index is 12.1. The van der Waals surface area contributed by atoms with Gasteiger partial charge in [-0.1, -0.05) is 6.92 Å². The molecule has 2 aromatic rings. The summed E-state index contributed by atoms with van der Waals surface area (Å²) in [7, 11) is 0. The van der Waals surface area contributed by atoms with E-state index in [1.807, 2.05) is 19.9 Å². The summed E-state index contributed by atoms with van der Waals surface area (Å²) in [5.74, 6) is 1.16. The summed E-state index contributed by atoms with van der Waals surface area (Å²) in [5, 5.41) is 0.859. The molecule has 0 bridgehead atoms. The normalized spacial score (nSPS) is 16.4. The zero-order valence-electron chi connectivity index (χ0n) is 14.1. The van der Waals surface area contributed by atoms with Crippen molar-refractivity contribution in [3.63, 3.8) is 0 Å². The van der Waals surface area contributed by atoms with Crippen molar-refractivity contribution in [1.29, 1.82) is 0 Å². The first-order valence-corrected chi connectivity index (χ1v) is 8.22. The highest BCUT2D eigenvalue weighted by atomic mass is 16.6. The molecule has 0 spiro atoms. The Hall–Kier alpha value is -2.05. The minimum Gasteiger partial charge on any atom is -0.487 e. The van der Waals surface area contributed by atoms with Gasteiger partial charge >= 0.3 is 5.63 Å². The molecule has 0 atom stereocenters. The van der Waals surface area contributed by atoms with Gasteiger partial charge in [0, 0.05) is 17.0 Å². The minimum atomic E-state index is -0.298. The van der Waals surface area contributed by atoms with E-state index in [0.717, 1.165) is 10.9 Å². The smallest absolute Gasteiger partial charge is 0.339 e. The van der Waals surface area contributed by atoms with Gasteiger partial charge in [0.15, 0.2) is 11.5 Å². The minimum absolute atomic E-state index is 0.298. The van der Waals surface area contributed by atoms with Crippen LogP contribution >= 0.6 is 0 Å². The fourth-order valence-electron chi connectivity index (χ4n) is 2.77. The molecular weight excluding hydrogens is 312 g/mol. The molecular formula is C18H22O6. The SMILES string of the molecule is CCc1c(C)c2cc3c(cc2oc1=O)OCCOCCOCCO3. The van der Waals surface area contributed by atoms with Gasteiger partial charge in [-0.15, -0.1) is 0 Å². The summed E-state index contributed by atoms with van der Waals surface area (Å²) in [5.41, 5.74) is 1.81. The van der Waals surface area contributed by atoms with Crippen LogP contribution in [0.4, 0.5) is 0 Å². The molecule has 24 heavy (non-hydrogen) atoms. The van der Waals surface area contributed by atoms with Crippen LogP contribution in [0, 0.1) is 6.92 Å². The van der Waals surface area contributed by atoms with Crippen LogP contribution in [0.15, 0.2) is 21.3 Å². The Morgan fingerprint density at radius 1 is 0.917 bits per heavy atom. The molecule has 0 unspecified atom stereocenters. The molecule has 0 saturated heterocycles. The van der Waals surface area contributed by atoms with Gasteiger partial charge in [0.05, 0.1) is 26.4 Å². The average molecular weight is 334 g/mol. The van der Waals surface area contributed by atoms with Crippen molar-refractivity contribution in [3.05, 3.63) is 33.7 Å². The highest BCUT2D eigenvalue weighted by molar-refractivity contribution is 5.84. The Kier molecular flexibility index (Phi) is 5.37. The molecule has 0 amide bonds. The molecule has 0 N–H and O–H groups in total. The molecule has 0 radical (unpaired) electrons. The Labute approximate surface area is 140 Å². The summed E-state index contributed by atoms with van der Waals surface area (Å²) in [6.07, 6.45) is 0.629. The van der Waals surface area contributed by atoms with Gasteiger partial charge in [0.2, 0.25) is 0 Å². The number of benzene rings is 1. The second kappa shape index (κ2) is 7.68. The van der Waals surface area contributed by atoms with Crippen LogP contribution in [0.3, 0.4) is 0 Å². The highest BCUT2D eigenvalue weighted by Crippen LogP contribution is 2.34. The number of aryl methyl sites for hydroxylation is 1. The Morgan fingerprint density at radius 3 is 2.12 bits per heavy atom. The summed E-state index contributed by atoms with van der Waals surface area (Å²) in [6, 6.07) is 3.58. The van der Waals surface area contributed by atoms with Crippen molar-refractivity contribution in [2.24, 2.45) is 0 Å². The zero-order valence-corrected chi connectivity index (χ0v) is 14.1. The van der Waals surface area contributed by atoms with Crippen molar-refractivity contribution >= 4 is 11.0 Å². The van der Waals surface area contributed by atoms with Crippen LogP contribution in [0.25, 0.3) is 11.0 Å². The lowest BCUT2D eigenvalue weighted by Gasteiger charge is -2.16. The third kappa shape index (κ3) is 3.55. The summed E-state index contributed by atoms with van der Waals surface area (Å²) in [6.45, 7) is 6.67. The topological polar surface area (TPSA) is 67.1 Å². The standard InChI is InChI=1S/C18H22O6/c1-3-13-12(2)14-10-16-17(11-15(14)24-18(13)19)23-9-7-21-5-4-20-6-8-22-16/h10-11H,3-9H2,1-2H3.